The highest BCUT2D eigenvalue weighted by atomic mass is 32.2. The molecule has 7 heteroatoms. The Kier molecular flexibility index (Phi) is 6.24. The van der Waals surface area contributed by atoms with Gasteiger partial charge in [0.2, 0.25) is 5.91 Å². The second-order valence-corrected chi connectivity index (χ2v) is 7.32. The van der Waals surface area contributed by atoms with Gasteiger partial charge in [0.05, 0.1) is 7.11 Å². The maximum absolute atomic E-state index is 12.4. The normalized spacial score (nSPS) is 22.0. The molecule has 0 radical (unpaired) electrons. The first-order chi connectivity index (χ1) is 11.0. The van der Waals surface area contributed by atoms with Crippen molar-refractivity contribution in [3.05, 3.63) is 24.3 Å². The molecule has 1 N–H and O–H groups in total. The van der Waals surface area contributed by atoms with E-state index in [2.05, 4.69) is 12.6 Å². The minimum atomic E-state index is -0.942. The predicted molar refractivity (Wildman–Crippen MR) is 93.4 cm³/mol. The van der Waals surface area contributed by atoms with Crippen LogP contribution in [0, 0.1) is 5.92 Å². The topological polar surface area (TPSA) is 66.8 Å². The Balaban J connectivity index is 2.06. The van der Waals surface area contributed by atoms with Crippen LogP contribution in [0.5, 0.6) is 5.75 Å². The lowest BCUT2D eigenvalue weighted by Gasteiger charge is -2.24. The van der Waals surface area contributed by atoms with E-state index in [0.717, 1.165) is 10.6 Å². The molecule has 2 rings (SSSR count). The van der Waals surface area contributed by atoms with Crippen molar-refractivity contribution in [3.8, 4) is 5.75 Å². The number of rotatable bonds is 6. The van der Waals surface area contributed by atoms with Crippen molar-refractivity contribution in [1.82, 2.24) is 4.90 Å². The third-order valence-electron chi connectivity index (χ3n) is 3.89. The average Bonchev–Trinajstić information content (AvgIpc) is 2.98. The summed E-state index contributed by atoms with van der Waals surface area (Å²) in [4.78, 5) is 26.4. The van der Waals surface area contributed by atoms with Gasteiger partial charge in [-0.05, 0) is 30.7 Å². The number of thioether (sulfide) groups is 1. The molecule has 0 aliphatic carbocycles. The molecule has 23 heavy (non-hydrogen) atoms. The maximum atomic E-state index is 12.4. The van der Waals surface area contributed by atoms with Gasteiger partial charge in [-0.3, -0.25) is 4.79 Å². The standard InChI is InChI=1S/C16H21NO4S2/c1-10(9-22)15(18)17-8-13(7-14(17)16(19)20)23-12-5-3-11(21-2)4-6-12/h3-6,10,13-14,22H,7-9H2,1-2H3,(H,19,20)/t10?,13-,14-/m0/s1. The van der Waals surface area contributed by atoms with Gasteiger partial charge in [0.15, 0.2) is 0 Å². The van der Waals surface area contributed by atoms with Crippen LogP contribution >= 0.6 is 24.4 Å². The lowest BCUT2D eigenvalue weighted by Crippen LogP contribution is -2.43. The molecular formula is C16H21NO4S2. The summed E-state index contributed by atoms with van der Waals surface area (Å²) < 4.78 is 5.13. The van der Waals surface area contributed by atoms with Gasteiger partial charge in [-0.1, -0.05) is 6.92 Å². The van der Waals surface area contributed by atoms with Crippen molar-refractivity contribution in [2.75, 3.05) is 19.4 Å². The lowest BCUT2D eigenvalue weighted by atomic mass is 10.1. The van der Waals surface area contributed by atoms with Crippen LogP contribution in [0.15, 0.2) is 29.2 Å². The van der Waals surface area contributed by atoms with Gasteiger partial charge in [0.1, 0.15) is 11.8 Å². The fraction of sp³-hybridized carbons (Fsp3) is 0.500. The molecule has 0 spiro atoms. The summed E-state index contributed by atoms with van der Waals surface area (Å²) in [6.45, 7) is 2.22. The van der Waals surface area contributed by atoms with Crippen LogP contribution in [0.4, 0.5) is 0 Å². The zero-order valence-corrected chi connectivity index (χ0v) is 14.8. The van der Waals surface area contributed by atoms with Crippen molar-refractivity contribution in [1.29, 1.82) is 0 Å². The highest BCUT2D eigenvalue weighted by molar-refractivity contribution is 8.00. The van der Waals surface area contributed by atoms with Crippen LogP contribution < -0.4 is 4.74 Å². The average molecular weight is 355 g/mol. The summed E-state index contributed by atoms with van der Waals surface area (Å²) in [5.74, 6) is -0.154. The molecule has 1 amide bonds. The zero-order chi connectivity index (χ0) is 17.0. The molecule has 1 heterocycles. The molecule has 1 aliphatic rings. The monoisotopic (exact) mass is 355 g/mol. The molecule has 3 atom stereocenters. The van der Waals surface area contributed by atoms with Crippen molar-refractivity contribution in [2.24, 2.45) is 5.92 Å². The van der Waals surface area contributed by atoms with Gasteiger partial charge >= 0.3 is 5.97 Å². The number of ether oxygens (including phenoxy) is 1. The molecular weight excluding hydrogens is 334 g/mol. The number of carbonyl (C=O) groups excluding carboxylic acids is 1. The summed E-state index contributed by atoms with van der Waals surface area (Å²) in [6.07, 6.45) is 0.455. The maximum Gasteiger partial charge on any atom is 0.326 e. The number of carbonyl (C=O) groups is 2. The first-order valence-corrected chi connectivity index (χ1v) is 8.92. The molecule has 1 aromatic carbocycles. The van der Waals surface area contributed by atoms with Gasteiger partial charge in [-0.15, -0.1) is 11.8 Å². The minimum Gasteiger partial charge on any atom is -0.497 e. The van der Waals surface area contributed by atoms with E-state index in [1.807, 2.05) is 24.3 Å². The third-order valence-corrected chi connectivity index (χ3v) is 5.66. The summed E-state index contributed by atoms with van der Waals surface area (Å²) >= 11 is 5.74. The van der Waals surface area contributed by atoms with Crippen molar-refractivity contribution in [3.63, 3.8) is 0 Å². The Morgan fingerprint density at radius 3 is 2.61 bits per heavy atom. The Labute approximate surface area is 145 Å². The molecule has 1 aliphatic heterocycles. The van der Waals surface area contributed by atoms with Crippen molar-refractivity contribution >= 4 is 36.3 Å². The second kappa shape index (κ2) is 7.97. The largest absolute Gasteiger partial charge is 0.497 e. The second-order valence-electron chi connectivity index (χ2n) is 5.58. The smallest absolute Gasteiger partial charge is 0.326 e. The number of likely N-dealkylation sites (tertiary alicyclic amines) is 1. The predicted octanol–water partition coefficient (Wildman–Crippen LogP) is 2.41. The number of methoxy groups -OCH3 is 1. The Morgan fingerprint density at radius 1 is 1.43 bits per heavy atom. The quantitative estimate of drug-likeness (QED) is 0.767. The molecule has 1 saturated heterocycles. The van der Waals surface area contributed by atoms with E-state index in [9.17, 15) is 14.7 Å². The third kappa shape index (κ3) is 4.35. The fourth-order valence-electron chi connectivity index (χ4n) is 2.57. The van der Waals surface area contributed by atoms with E-state index < -0.39 is 12.0 Å². The highest BCUT2D eigenvalue weighted by Crippen LogP contribution is 2.34. The van der Waals surface area contributed by atoms with Gasteiger partial charge < -0.3 is 14.7 Å². The van der Waals surface area contributed by atoms with Crippen LogP contribution in [0.1, 0.15) is 13.3 Å². The number of benzene rings is 1. The van der Waals surface area contributed by atoms with E-state index in [1.165, 1.54) is 4.90 Å². The molecule has 126 valence electrons. The number of carboxylic acids is 1. The van der Waals surface area contributed by atoms with Crippen molar-refractivity contribution < 1.29 is 19.4 Å². The number of carboxylic acid groups (broad SMARTS) is 1. The van der Waals surface area contributed by atoms with E-state index in [4.69, 9.17) is 4.74 Å². The molecule has 0 bridgehead atoms. The van der Waals surface area contributed by atoms with Crippen LogP contribution in [-0.2, 0) is 9.59 Å². The van der Waals surface area contributed by atoms with Crippen LogP contribution in [-0.4, -0.2) is 52.6 Å². The highest BCUT2D eigenvalue weighted by Gasteiger charge is 2.40. The summed E-state index contributed by atoms with van der Waals surface area (Å²) in [6, 6.07) is 6.89. The van der Waals surface area contributed by atoms with E-state index in [1.54, 1.807) is 25.8 Å². The summed E-state index contributed by atoms with van der Waals surface area (Å²) in [7, 11) is 1.61. The van der Waals surface area contributed by atoms with E-state index >= 15 is 0 Å². The van der Waals surface area contributed by atoms with Gasteiger partial charge in [-0.2, -0.15) is 12.6 Å². The first-order valence-electron chi connectivity index (χ1n) is 7.41. The van der Waals surface area contributed by atoms with Crippen LogP contribution in [0.2, 0.25) is 0 Å². The van der Waals surface area contributed by atoms with E-state index in [0.29, 0.717) is 18.7 Å². The number of hydrogen-bond donors (Lipinski definition) is 2. The van der Waals surface area contributed by atoms with E-state index in [-0.39, 0.29) is 17.1 Å². The molecule has 1 fully saturated rings. The fourth-order valence-corrected chi connectivity index (χ4v) is 3.92. The number of amides is 1. The first kappa shape index (κ1) is 18.0. The van der Waals surface area contributed by atoms with Gasteiger partial charge in [0.25, 0.3) is 0 Å². The summed E-state index contributed by atoms with van der Waals surface area (Å²) in [5, 5.41) is 9.47. The number of nitrogens with zero attached hydrogens (tertiary/aromatic N) is 1. The minimum absolute atomic E-state index is 0.0700. The Hall–Kier alpha value is -1.34. The summed E-state index contributed by atoms with van der Waals surface area (Å²) in [5.41, 5.74) is 0. The molecule has 1 aromatic rings. The van der Waals surface area contributed by atoms with Gasteiger partial charge in [0, 0.05) is 28.4 Å². The Morgan fingerprint density at radius 2 is 2.09 bits per heavy atom. The Bertz CT molecular complexity index is 564. The lowest BCUT2D eigenvalue weighted by molar-refractivity contribution is -0.149. The van der Waals surface area contributed by atoms with Crippen molar-refractivity contribution in [2.45, 2.75) is 29.5 Å². The number of aliphatic carboxylic acids is 1. The molecule has 1 unspecified atom stereocenters. The van der Waals surface area contributed by atoms with Crippen LogP contribution in [0.25, 0.3) is 0 Å². The van der Waals surface area contributed by atoms with Gasteiger partial charge in [-0.25, -0.2) is 4.79 Å². The number of hydrogen-bond acceptors (Lipinski definition) is 5. The SMILES string of the molecule is COc1ccc(S[C@H]2C[C@@H](C(=O)O)N(C(=O)C(C)CS)C2)cc1. The number of thiol groups is 1. The zero-order valence-electron chi connectivity index (χ0n) is 13.1. The van der Waals surface area contributed by atoms with Crippen LogP contribution in [0.3, 0.4) is 0 Å². The molecule has 0 aromatic heterocycles. The molecule has 0 saturated carbocycles. The molecule has 5 nitrogen and oxygen atoms in total.